The maximum atomic E-state index is 12.5. The van der Waals surface area contributed by atoms with Crippen LogP contribution in [0.15, 0.2) is 0 Å². The lowest BCUT2D eigenvalue weighted by molar-refractivity contribution is -0.325. The van der Waals surface area contributed by atoms with Crippen LogP contribution in [-0.2, 0) is 23.9 Å². The van der Waals surface area contributed by atoms with E-state index >= 15 is 0 Å². The highest BCUT2D eigenvalue weighted by Gasteiger charge is 2.60. The number of ether oxygens (including phenoxy) is 1. The van der Waals surface area contributed by atoms with E-state index in [-0.39, 0.29) is 6.42 Å². The smallest absolute Gasteiger partial charge is 0.298 e. The summed E-state index contributed by atoms with van der Waals surface area (Å²) in [6, 6.07) is 0. The van der Waals surface area contributed by atoms with Gasteiger partial charge in [0.15, 0.2) is 23.1 Å². The topological polar surface area (TPSA) is 77.5 Å². The van der Waals surface area contributed by atoms with E-state index in [0.717, 1.165) is 0 Å². The highest BCUT2D eigenvalue weighted by molar-refractivity contribution is 6.35. The van der Waals surface area contributed by atoms with E-state index in [1.807, 2.05) is 0 Å². The van der Waals surface area contributed by atoms with Crippen molar-refractivity contribution in [2.75, 3.05) is 6.61 Å². The average Bonchev–Trinajstić information content (AvgIpc) is 2.43. The number of rotatable bonds is 5. The first-order chi connectivity index (χ1) is 10.6. The van der Waals surface area contributed by atoms with Gasteiger partial charge in [-0.1, -0.05) is 6.92 Å². The highest BCUT2D eigenvalue weighted by Crippen LogP contribution is 2.42. The molecule has 0 amide bonds. The van der Waals surface area contributed by atoms with Gasteiger partial charge < -0.3 is 0 Å². The van der Waals surface area contributed by atoms with Crippen molar-refractivity contribution >= 4 is 23.1 Å². The predicted octanol–water partition coefficient (Wildman–Crippen LogP) is 2.51. The number of hydrogen-bond donors (Lipinski definition) is 0. The van der Waals surface area contributed by atoms with E-state index in [1.54, 1.807) is 0 Å². The third kappa shape index (κ3) is 3.74. The number of Topliss-reactive ketones (excluding diaryl/α,β-unsaturated/α-hetero) is 4. The molecule has 5 nitrogen and oxygen atoms in total. The zero-order valence-electron chi connectivity index (χ0n) is 14.2. The maximum Gasteiger partial charge on any atom is 0.522 e. The van der Waals surface area contributed by atoms with Crippen LogP contribution in [0.1, 0.15) is 41.0 Å². The molecule has 1 unspecified atom stereocenters. The van der Waals surface area contributed by atoms with Crippen molar-refractivity contribution in [1.82, 2.24) is 0 Å². The molecule has 136 valence electrons. The second kappa shape index (κ2) is 6.38. The standard InChI is InChI=1S/C16H21F3O5/c1-8(6-7-24-16(17,18)19)10(20)9-11(21)14(2,3)13(23)15(4,5)12(9)22/h8-9H,6-7H2,1-5H3. The zero-order valence-corrected chi connectivity index (χ0v) is 14.2. The molecule has 0 aliphatic heterocycles. The van der Waals surface area contributed by atoms with Crippen LogP contribution in [0.2, 0.25) is 0 Å². The Morgan fingerprint density at radius 2 is 1.50 bits per heavy atom. The summed E-state index contributed by atoms with van der Waals surface area (Å²) in [5, 5.41) is 0. The zero-order chi connectivity index (χ0) is 19.1. The van der Waals surface area contributed by atoms with Gasteiger partial charge in [-0.05, 0) is 34.1 Å². The molecule has 0 radical (unpaired) electrons. The third-order valence-corrected chi connectivity index (χ3v) is 4.48. The van der Waals surface area contributed by atoms with E-state index in [0.29, 0.717) is 0 Å². The Bertz CT molecular complexity index is 545. The van der Waals surface area contributed by atoms with Gasteiger partial charge in [0.05, 0.1) is 17.4 Å². The minimum Gasteiger partial charge on any atom is -0.298 e. The molecule has 1 aliphatic carbocycles. The fourth-order valence-corrected chi connectivity index (χ4v) is 2.88. The monoisotopic (exact) mass is 350 g/mol. The van der Waals surface area contributed by atoms with Gasteiger partial charge in [0, 0.05) is 5.92 Å². The fourth-order valence-electron chi connectivity index (χ4n) is 2.88. The largest absolute Gasteiger partial charge is 0.522 e. The van der Waals surface area contributed by atoms with Crippen molar-refractivity contribution in [3.05, 3.63) is 0 Å². The normalized spacial score (nSPS) is 22.6. The van der Waals surface area contributed by atoms with Crippen LogP contribution in [0.3, 0.4) is 0 Å². The quantitative estimate of drug-likeness (QED) is 0.712. The molecule has 1 saturated carbocycles. The van der Waals surface area contributed by atoms with E-state index in [1.165, 1.54) is 34.6 Å². The fraction of sp³-hybridized carbons (Fsp3) is 0.750. The lowest BCUT2D eigenvalue weighted by Crippen LogP contribution is -2.59. The molecule has 0 aromatic rings. The van der Waals surface area contributed by atoms with Crippen molar-refractivity contribution < 1.29 is 37.1 Å². The van der Waals surface area contributed by atoms with Gasteiger partial charge in [-0.25, -0.2) is 0 Å². The summed E-state index contributed by atoms with van der Waals surface area (Å²) in [4.78, 5) is 49.7. The Hall–Kier alpha value is -1.57. The van der Waals surface area contributed by atoms with Gasteiger partial charge in [-0.15, -0.1) is 13.2 Å². The molecule has 1 rings (SSSR count). The van der Waals surface area contributed by atoms with Crippen LogP contribution < -0.4 is 0 Å². The molecule has 1 aliphatic rings. The Kier molecular flexibility index (Phi) is 5.45. The minimum absolute atomic E-state index is 0.287. The maximum absolute atomic E-state index is 12.5. The summed E-state index contributed by atoms with van der Waals surface area (Å²) >= 11 is 0. The van der Waals surface area contributed by atoms with Gasteiger partial charge in [0.1, 0.15) is 5.92 Å². The number of carbonyl (C=O) groups excluding carboxylic acids is 4. The molecule has 0 heterocycles. The Labute approximate surface area is 137 Å². The molecule has 0 N–H and O–H groups in total. The molecule has 0 spiro atoms. The molecule has 0 bridgehead atoms. The number of alkyl halides is 3. The summed E-state index contributed by atoms with van der Waals surface area (Å²) in [7, 11) is 0. The van der Waals surface area contributed by atoms with Crippen LogP contribution in [0.5, 0.6) is 0 Å². The second-order valence-corrected chi connectivity index (χ2v) is 7.13. The molecule has 0 saturated heterocycles. The Morgan fingerprint density at radius 1 is 1.08 bits per heavy atom. The second-order valence-electron chi connectivity index (χ2n) is 7.13. The molecule has 1 atom stereocenters. The van der Waals surface area contributed by atoms with Crippen LogP contribution in [0.4, 0.5) is 13.2 Å². The molecule has 8 heteroatoms. The van der Waals surface area contributed by atoms with Crippen LogP contribution in [0.25, 0.3) is 0 Å². The summed E-state index contributed by atoms with van der Waals surface area (Å²) < 4.78 is 39.6. The van der Waals surface area contributed by atoms with E-state index < -0.39 is 58.8 Å². The summed E-state index contributed by atoms with van der Waals surface area (Å²) in [6.07, 6.45) is -5.10. The van der Waals surface area contributed by atoms with E-state index in [2.05, 4.69) is 4.74 Å². The highest BCUT2D eigenvalue weighted by atomic mass is 19.4. The molecule has 24 heavy (non-hydrogen) atoms. The average molecular weight is 350 g/mol. The lowest BCUT2D eigenvalue weighted by atomic mass is 9.57. The number of hydrogen-bond acceptors (Lipinski definition) is 5. The Morgan fingerprint density at radius 3 is 1.88 bits per heavy atom. The van der Waals surface area contributed by atoms with Gasteiger partial charge in [-0.3, -0.25) is 23.9 Å². The van der Waals surface area contributed by atoms with Crippen molar-refractivity contribution in [3.8, 4) is 0 Å². The SMILES string of the molecule is CC(CCOC(F)(F)F)C(=O)C1C(=O)C(C)(C)C(=O)C(C)(C)C1=O. The molecule has 1 fully saturated rings. The molecular weight excluding hydrogens is 329 g/mol. The number of ketones is 4. The van der Waals surface area contributed by atoms with Gasteiger partial charge in [0.25, 0.3) is 0 Å². The lowest BCUT2D eigenvalue weighted by Gasteiger charge is -2.40. The minimum atomic E-state index is -4.81. The first-order valence-electron chi connectivity index (χ1n) is 7.52. The van der Waals surface area contributed by atoms with Gasteiger partial charge in [0.2, 0.25) is 0 Å². The summed E-state index contributed by atoms with van der Waals surface area (Å²) in [5.41, 5.74) is -3.00. The summed E-state index contributed by atoms with van der Waals surface area (Å²) in [5.74, 6) is -5.55. The van der Waals surface area contributed by atoms with Crippen LogP contribution in [0, 0.1) is 22.7 Å². The van der Waals surface area contributed by atoms with Crippen molar-refractivity contribution in [2.24, 2.45) is 22.7 Å². The summed E-state index contributed by atoms with van der Waals surface area (Å²) in [6.45, 7) is 5.98. The predicted molar refractivity (Wildman–Crippen MR) is 76.9 cm³/mol. The van der Waals surface area contributed by atoms with Crippen molar-refractivity contribution in [1.29, 1.82) is 0 Å². The van der Waals surface area contributed by atoms with Gasteiger partial charge in [-0.2, -0.15) is 0 Å². The number of halogens is 3. The van der Waals surface area contributed by atoms with Crippen LogP contribution >= 0.6 is 0 Å². The van der Waals surface area contributed by atoms with Crippen molar-refractivity contribution in [2.45, 2.75) is 47.4 Å². The molecular formula is C16H21F3O5. The van der Waals surface area contributed by atoms with E-state index in [4.69, 9.17) is 0 Å². The first-order valence-corrected chi connectivity index (χ1v) is 7.52. The Balaban J connectivity index is 2.98. The van der Waals surface area contributed by atoms with Crippen molar-refractivity contribution in [3.63, 3.8) is 0 Å². The molecule has 0 aromatic carbocycles. The van der Waals surface area contributed by atoms with E-state index in [9.17, 15) is 32.3 Å². The van der Waals surface area contributed by atoms with Crippen LogP contribution in [-0.4, -0.2) is 36.1 Å². The third-order valence-electron chi connectivity index (χ3n) is 4.48. The van der Waals surface area contributed by atoms with Gasteiger partial charge >= 0.3 is 6.36 Å². The number of carbonyl (C=O) groups is 4. The molecule has 0 aromatic heterocycles. The first kappa shape index (κ1) is 20.5.